The van der Waals surface area contributed by atoms with Gasteiger partial charge < -0.3 is 11.1 Å². The van der Waals surface area contributed by atoms with E-state index in [0.29, 0.717) is 17.9 Å². The van der Waals surface area contributed by atoms with E-state index in [0.717, 1.165) is 24.5 Å². The van der Waals surface area contributed by atoms with Gasteiger partial charge in [-0.25, -0.2) is 4.68 Å². The van der Waals surface area contributed by atoms with Gasteiger partial charge in [-0.15, -0.1) is 0 Å². The normalized spacial score (nSPS) is 15.6. The summed E-state index contributed by atoms with van der Waals surface area (Å²) in [7, 11) is 0. The molecule has 6 heteroatoms. The van der Waals surface area contributed by atoms with Crippen molar-refractivity contribution in [3.8, 4) is 5.69 Å². The molecule has 2 aromatic carbocycles. The second-order valence-electron chi connectivity index (χ2n) is 7.90. The van der Waals surface area contributed by atoms with Crippen LogP contribution in [0.4, 0.5) is 5.82 Å². The van der Waals surface area contributed by atoms with E-state index in [-0.39, 0.29) is 11.9 Å². The van der Waals surface area contributed by atoms with Crippen molar-refractivity contribution in [1.82, 2.24) is 20.0 Å². The summed E-state index contributed by atoms with van der Waals surface area (Å²) in [6.45, 7) is 4.65. The monoisotopic (exact) mass is 403 g/mol. The van der Waals surface area contributed by atoms with Crippen LogP contribution in [0.25, 0.3) is 5.69 Å². The molecule has 3 aromatic rings. The molecule has 2 heterocycles. The molecule has 4 rings (SSSR count). The lowest BCUT2D eigenvalue weighted by Crippen LogP contribution is -2.40. The van der Waals surface area contributed by atoms with E-state index < -0.39 is 0 Å². The minimum absolute atomic E-state index is 0.0656. The lowest BCUT2D eigenvalue weighted by Gasteiger charge is -2.35. The van der Waals surface area contributed by atoms with Crippen LogP contribution in [-0.2, 0) is 0 Å². The molecular weight excluding hydrogens is 374 g/mol. The van der Waals surface area contributed by atoms with Gasteiger partial charge in [-0.2, -0.15) is 5.10 Å². The predicted molar refractivity (Wildman–Crippen MR) is 120 cm³/mol. The Balaban J connectivity index is 1.44. The lowest BCUT2D eigenvalue weighted by molar-refractivity contribution is 0.0924. The molecule has 0 spiro atoms. The highest BCUT2D eigenvalue weighted by Gasteiger charge is 2.23. The number of piperidine rings is 1. The maximum Gasteiger partial charge on any atom is 0.251 e. The molecule has 0 saturated carbocycles. The third-order valence-electron chi connectivity index (χ3n) is 5.70. The number of nitrogens with zero attached hydrogens (tertiary/aromatic N) is 3. The number of nitrogens with one attached hydrogen (secondary N) is 1. The van der Waals surface area contributed by atoms with E-state index in [1.807, 2.05) is 43.3 Å². The Morgan fingerprint density at radius 3 is 2.40 bits per heavy atom. The highest BCUT2D eigenvalue weighted by molar-refractivity contribution is 5.94. The summed E-state index contributed by atoms with van der Waals surface area (Å²) in [6.07, 6.45) is 3.72. The van der Waals surface area contributed by atoms with Gasteiger partial charge >= 0.3 is 0 Å². The Labute approximate surface area is 177 Å². The molecule has 3 N–H and O–H groups in total. The minimum atomic E-state index is -0.0656. The van der Waals surface area contributed by atoms with Gasteiger partial charge in [-0.1, -0.05) is 36.8 Å². The van der Waals surface area contributed by atoms with Gasteiger partial charge in [-0.3, -0.25) is 9.69 Å². The molecule has 1 atom stereocenters. The van der Waals surface area contributed by atoms with Crippen molar-refractivity contribution >= 4 is 11.7 Å². The highest BCUT2D eigenvalue weighted by Crippen LogP contribution is 2.24. The number of benzene rings is 2. The second-order valence-corrected chi connectivity index (χ2v) is 7.90. The van der Waals surface area contributed by atoms with E-state index in [2.05, 4.69) is 39.6 Å². The van der Waals surface area contributed by atoms with Crippen molar-refractivity contribution in [1.29, 1.82) is 0 Å². The van der Waals surface area contributed by atoms with Crippen molar-refractivity contribution in [2.24, 2.45) is 0 Å². The van der Waals surface area contributed by atoms with Crippen molar-refractivity contribution in [3.05, 3.63) is 77.5 Å². The number of likely N-dealkylation sites (tertiary alicyclic amines) is 1. The van der Waals surface area contributed by atoms with Crippen molar-refractivity contribution < 1.29 is 4.79 Å². The van der Waals surface area contributed by atoms with Crippen LogP contribution in [0.2, 0.25) is 0 Å². The summed E-state index contributed by atoms with van der Waals surface area (Å²) in [5.74, 6) is 0.515. The fourth-order valence-corrected chi connectivity index (χ4v) is 4.13. The summed E-state index contributed by atoms with van der Waals surface area (Å²) in [6, 6.07) is 19.9. The van der Waals surface area contributed by atoms with E-state index >= 15 is 0 Å². The van der Waals surface area contributed by atoms with E-state index in [9.17, 15) is 4.79 Å². The number of hydrogen-bond donors (Lipinski definition) is 2. The third-order valence-corrected chi connectivity index (χ3v) is 5.70. The van der Waals surface area contributed by atoms with E-state index in [1.54, 1.807) is 4.68 Å². The summed E-state index contributed by atoms with van der Waals surface area (Å²) in [5, 5.41) is 7.53. The third kappa shape index (κ3) is 4.54. The van der Waals surface area contributed by atoms with Gasteiger partial charge in [0.1, 0.15) is 5.82 Å². The van der Waals surface area contributed by atoms with Gasteiger partial charge in [0, 0.05) is 18.2 Å². The van der Waals surface area contributed by atoms with Crippen molar-refractivity contribution in [2.45, 2.75) is 32.2 Å². The van der Waals surface area contributed by atoms with Gasteiger partial charge in [0.2, 0.25) is 0 Å². The van der Waals surface area contributed by atoms with E-state index in [4.69, 9.17) is 5.73 Å². The molecule has 1 aliphatic rings. The first-order valence-electron chi connectivity index (χ1n) is 10.6. The smallest absolute Gasteiger partial charge is 0.251 e. The quantitative estimate of drug-likeness (QED) is 0.658. The largest absolute Gasteiger partial charge is 0.384 e. The maximum absolute atomic E-state index is 12.8. The molecule has 0 bridgehead atoms. The number of nitrogen functional groups attached to an aromatic ring is 1. The average molecular weight is 404 g/mol. The minimum Gasteiger partial charge on any atom is -0.384 e. The second kappa shape index (κ2) is 9.13. The first kappa shape index (κ1) is 20.2. The highest BCUT2D eigenvalue weighted by atomic mass is 16.1. The van der Waals surface area contributed by atoms with Gasteiger partial charge in [0.25, 0.3) is 5.91 Å². The lowest BCUT2D eigenvalue weighted by atomic mass is 10.0. The zero-order valence-corrected chi connectivity index (χ0v) is 17.4. The van der Waals surface area contributed by atoms with Crippen LogP contribution in [0.5, 0.6) is 0 Å². The van der Waals surface area contributed by atoms with Crippen LogP contribution in [0.3, 0.4) is 0 Å². The SMILES string of the molecule is Cc1cc(N)n(-c2ccc(C(=O)NCC(c3ccccc3)N3CCCCC3)cc2)n1. The van der Waals surface area contributed by atoms with Crippen LogP contribution in [0.15, 0.2) is 60.7 Å². The fourth-order valence-electron chi connectivity index (χ4n) is 4.13. The Kier molecular flexibility index (Phi) is 6.14. The maximum atomic E-state index is 12.8. The number of aryl methyl sites for hydroxylation is 1. The Morgan fingerprint density at radius 1 is 1.07 bits per heavy atom. The molecule has 1 saturated heterocycles. The number of hydrogen-bond acceptors (Lipinski definition) is 4. The standard InChI is InChI=1S/C24H29N5O/c1-18-16-23(25)29(27-18)21-12-10-20(11-13-21)24(30)26-17-22(19-8-4-2-5-9-19)28-14-6-3-7-15-28/h2,4-5,8-13,16,22H,3,6-7,14-15,17,25H2,1H3,(H,26,30). The summed E-state index contributed by atoms with van der Waals surface area (Å²) in [4.78, 5) is 15.3. The summed E-state index contributed by atoms with van der Waals surface area (Å²) in [5.41, 5.74) is 9.58. The number of amides is 1. The molecule has 0 aliphatic carbocycles. The van der Waals surface area contributed by atoms with Gasteiger partial charge in [-0.05, 0) is 62.7 Å². The molecule has 6 nitrogen and oxygen atoms in total. The van der Waals surface area contributed by atoms with Gasteiger partial charge in [0.05, 0.1) is 17.4 Å². The Bertz CT molecular complexity index is 975. The zero-order valence-electron chi connectivity index (χ0n) is 17.4. The number of aromatic nitrogens is 2. The number of anilines is 1. The number of nitrogens with two attached hydrogens (primary N) is 1. The first-order chi connectivity index (χ1) is 14.6. The predicted octanol–water partition coefficient (Wildman–Crippen LogP) is 3.72. The Morgan fingerprint density at radius 2 is 1.77 bits per heavy atom. The van der Waals surface area contributed by atoms with Crippen LogP contribution in [0, 0.1) is 6.92 Å². The van der Waals surface area contributed by atoms with Crippen LogP contribution in [0.1, 0.15) is 46.9 Å². The topological polar surface area (TPSA) is 76.2 Å². The van der Waals surface area contributed by atoms with Crippen LogP contribution < -0.4 is 11.1 Å². The molecule has 156 valence electrons. The molecule has 1 aliphatic heterocycles. The molecule has 1 unspecified atom stereocenters. The molecule has 1 amide bonds. The molecule has 30 heavy (non-hydrogen) atoms. The number of carbonyl (C=O) groups excluding carboxylic acids is 1. The zero-order chi connectivity index (χ0) is 20.9. The molecule has 0 radical (unpaired) electrons. The van der Waals surface area contributed by atoms with Crippen LogP contribution >= 0.6 is 0 Å². The summed E-state index contributed by atoms with van der Waals surface area (Å²) >= 11 is 0. The average Bonchev–Trinajstić information content (AvgIpc) is 3.13. The van der Waals surface area contributed by atoms with E-state index in [1.165, 1.54) is 24.8 Å². The molecular formula is C24H29N5O. The summed E-state index contributed by atoms with van der Waals surface area (Å²) < 4.78 is 1.68. The number of carbonyl (C=O) groups is 1. The van der Waals surface area contributed by atoms with Crippen LogP contribution in [-0.4, -0.2) is 40.2 Å². The Hall–Kier alpha value is -3.12. The van der Waals surface area contributed by atoms with Crippen molar-refractivity contribution in [2.75, 3.05) is 25.4 Å². The molecule has 1 fully saturated rings. The van der Waals surface area contributed by atoms with Crippen molar-refractivity contribution in [3.63, 3.8) is 0 Å². The fraction of sp³-hybridized carbons (Fsp3) is 0.333. The first-order valence-corrected chi connectivity index (χ1v) is 10.6. The molecule has 1 aromatic heterocycles. The van der Waals surface area contributed by atoms with Gasteiger partial charge in [0.15, 0.2) is 0 Å². The number of rotatable bonds is 6.